The molecule has 20 heavy (non-hydrogen) atoms. The zero-order valence-corrected chi connectivity index (χ0v) is 11.3. The molecule has 0 aromatic heterocycles. The van der Waals surface area contributed by atoms with Crippen molar-refractivity contribution < 1.29 is 4.79 Å². The Balaban J connectivity index is 1.74. The van der Waals surface area contributed by atoms with Crippen LogP contribution in [0.25, 0.3) is 6.08 Å². The molecule has 0 unspecified atom stereocenters. The Morgan fingerprint density at radius 2 is 1.55 bits per heavy atom. The van der Waals surface area contributed by atoms with E-state index in [1.54, 1.807) is 6.08 Å². The molecule has 1 heteroatoms. The van der Waals surface area contributed by atoms with Gasteiger partial charge in [-0.05, 0) is 36.1 Å². The van der Waals surface area contributed by atoms with Crippen molar-refractivity contribution in [2.24, 2.45) is 0 Å². The second-order valence-corrected chi connectivity index (χ2v) is 5.09. The fourth-order valence-corrected chi connectivity index (χ4v) is 2.51. The van der Waals surface area contributed by atoms with Crippen LogP contribution >= 0.6 is 0 Å². The van der Waals surface area contributed by atoms with Crippen molar-refractivity contribution in [2.45, 2.75) is 12.8 Å². The summed E-state index contributed by atoms with van der Waals surface area (Å²) in [6.45, 7) is 0. The Kier molecular flexibility index (Phi) is 3.60. The lowest BCUT2D eigenvalue weighted by Crippen LogP contribution is -1.91. The normalized spacial score (nSPS) is 16.5. The zero-order chi connectivity index (χ0) is 13.8. The van der Waals surface area contributed by atoms with Crippen molar-refractivity contribution in [3.05, 3.63) is 89.0 Å². The quantitative estimate of drug-likeness (QED) is 0.755. The molecule has 0 spiro atoms. The van der Waals surface area contributed by atoms with E-state index in [0.717, 1.165) is 24.0 Å². The average molecular weight is 260 g/mol. The largest absolute Gasteiger partial charge is 0.290 e. The molecule has 1 aliphatic rings. The predicted molar refractivity (Wildman–Crippen MR) is 82.3 cm³/mol. The highest BCUT2D eigenvalue weighted by Gasteiger charge is 2.18. The molecular weight excluding hydrogens is 244 g/mol. The molecule has 0 heterocycles. The van der Waals surface area contributed by atoms with Crippen LogP contribution in [0, 0.1) is 0 Å². The van der Waals surface area contributed by atoms with Crippen LogP contribution < -0.4 is 0 Å². The first-order valence-corrected chi connectivity index (χ1v) is 6.84. The minimum atomic E-state index is 0.153. The molecule has 0 aliphatic heterocycles. The first kappa shape index (κ1) is 12.6. The lowest BCUT2D eigenvalue weighted by Gasteiger charge is -2.02. The number of rotatable bonds is 3. The van der Waals surface area contributed by atoms with E-state index in [9.17, 15) is 4.79 Å². The minimum absolute atomic E-state index is 0.153. The molecule has 1 nitrogen and oxygen atoms in total. The van der Waals surface area contributed by atoms with E-state index in [1.807, 2.05) is 54.6 Å². The van der Waals surface area contributed by atoms with Gasteiger partial charge < -0.3 is 0 Å². The monoisotopic (exact) mass is 260 g/mol. The van der Waals surface area contributed by atoms with E-state index in [0.29, 0.717) is 0 Å². The third-order valence-corrected chi connectivity index (χ3v) is 3.48. The summed E-state index contributed by atoms with van der Waals surface area (Å²) in [6.07, 6.45) is 5.42. The fourth-order valence-electron chi connectivity index (χ4n) is 2.51. The number of carbonyl (C=O) groups is 1. The van der Waals surface area contributed by atoms with Gasteiger partial charge in [-0.3, -0.25) is 4.79 Å². The summed E-state index contributed by atoms with van der Waals surface area (Å²) in [7, 11) is 0. The van der Waals surface area contributed by atoms with Crippen LogP contribution in [0.1, 0.15) is 17.5 Å². The average Bonchev–Trinajstić information content (AvgIpc) is 2.81. The molecule has 0 fully saturated rings. The van der Waals surface area contributed by atoms with Gasteiger partial charge in [0.2, 0.25) is 0 Å². The van der Waals surface area contributed by atoms with Crippen molar-refractivity contribution in [1.82, 2.24) is 0 Å². The Bertz CT molecular complexity index is 663. The van der Waals surface area contributed by atoms with Crippen molar-refractivity contribution in [3.8, 4) is 0 Å². The van der Waals surface area contributed by atoms with E-state index < -0.39 is 0 Å². The molecule has 2 aromatic carbocycles. The van der Waals surface area contributed by atoms with Crippen LogP contribution in [0.3, 0.4) is 0 Å². The van der Waals surface area contributed by atoms with Crippen LogP contribution in [0.4, 0.5) is 0 Å². The molecule has 2 aromatic rings. The Labute approximate surface area is 119 Å². The number of ketones is 1. The third kappa shape index (κ3) is 2.94. The van der Waals surface area contributed by atoms with Gasteiger partial charge in [0.1, 0.15) is 0 Å². The number of hydrogen-bond acceptors (Lipinski definition) is 1. The van der Waals surface area contributed by atoms with Crippen LogP contribution in [-0.2, 0) is 11.2 Å². The van der Waals surface area contributed by atoms with Gasteiger partial charge in [0.05, 0.1) is 0 Å². The minimum Gasteiger partial charge on any atom is -0.290 e. The van der Waals surface area contributed by atoms with Gasteiger partial charge in [-0.2, -0.15) is 0 Å². The summed E-state index contributed by atoms with van der Waals surface area (Å²) in [5.74, 6) is 0.153. The van der Waals surface area contributed by atoms with Gasteiger partial charge in [-0.25, -0.2) is 0 Å². The van der Waals surface area contributed by atoms with Crippen LogP contribution in [0.5, 0.6) is 0 Å². The molecular formula is C19H16O. The topological polar surface area (TPSA) is 17.1 Å². The van der Waals surface area contributed by atoms with E-state index in [-0.39, 0.29) is 5.78 Å². The maximum atomic E-state index is 12.0. The standard InChI is InChI=1S/C19H16O/c20-19-14-17(11-15-7-3-1-4-8-15)13-18(19)12-16-9-5-2-6-10-16/h1-10,12,14H,11,13H2/b18-12+. The lowest BCUT2D eigenvalue weighted by molar-refractivity contribution is -0.111. The summed E-state index contributed by atoms with van der Waals surface area (Å²) in [5, 5.41) is 0. The molecule has 0 radical (unpaired) electrons. The van der Waals surface area contributed by atoms with Crippen molar-refractivity contribution >= 4 is 11.9 Å². The number of hydrogen-bond donors (Lipinski definition) is 0. The molecule has 98 valence electrons. The summed E-state index contributed by atoms with van der Waals surface area (Å²) in [6, 6.07) is 20.3. The van der Waals surface area contributed by atoms with E-state index >= 15 is 0 Å². The first-order chi connectivity index (χ1) is 9.81. The molecule has 1 aliphatic carbocycles. The second-order valence-electron chi connectivity index (χ2n) is 5.09. The van der Waals surface area contributed by atoms with E-state index in [2.05, 4.69) is 12.1 Å². The summed E-state index contributed by atoms with van der Waals surface area (Å²) in [5.41, 5.74) is 4.43. The van der Waals surface area contributed by atoms with Gasteiger partial charge in [0, 0.05) is 5.57 Å². The van der Waals surface area contributed by atoms with E-state index in [4.69, 9.17) is 0 Å². The van der Waals surface area contributed by atoms with Gasteiger partial charge in [0.25, 0.3) is 0 Å². The Morgan fingerprint density at radius 3 is 2.25 bits per heavy atom. The number of allylic oxidation sites excluding steroid dienone is 3. The summed E-state index contributed by atoms with van der Waals surface area (Å²) < 4.78 is 0. The SMILES string of the molecule is O=C1C=C(Cc2ccccc2)C/C1=C\c1ccccc1. The van der Waals surface area contributed by atoms with Crippen molar-refractivity contribution in [2.75, 3.05) is 0 Å². The summed E-state index contributed by atoms with van der Waals surface area (Å²) >= 11 is 0. The lowest BCUT2D eigenvalue weighted by atomic mass is 10.0. The molecule has 0 saturated carbocycles. The first-order valence-electron chi connectivity index (χ1n) is 6.84. The third-order valence-electron chi connectivity index (χ3n) is 3.48. The smallest absolute Gasteiger partial charge is 0.182 e. The summed E-state index contributed by atoms with van der Waals surface area (Å²) in [4.78, 5) is 12.0. The van der Waals surface area contributed by atoms with Crippen LogP contribution in [-0.4, -0.2) is 5.78 Å². The Hall–Kier alpha value is -2.41. The highest BCUT2D eigenvalue weighted by Crippen LogP contribution is 2.26. The van der Waals surface area contributed by atoms with Crippen LogP contribution in [0.15, 0.2) is 77.9 Å². The molecule has 0 atom stereocenters. The Morgan fingerprint density at radius 1 is 0.900 bits per heavy atom. The number of benzene rings is 2. The molecule has 0 saturated heterocycles. The van der Waals surface area contributed by atoms with Gasteiger partial charge in [-0.15, -0.1) is 0 Å². The maximum Gasteiger partial charge on any atom is 0.182 e. The molecule has 0 amide bonds. The number of carbonyl (C=O) groups excluding carboxylic acids is 1. The van der Waals surface area contributed by atoms with Crippen molar-refractivity contribution in [3.63, 3.8) is 0 Å². The highest BCUT2D eigenvalue weighted by molar-refractivity contribution is 6.10. The molecule has 3 rings (SSSR count). The highest BCUT2D eigenvalue weighted by atomic mass is 16.1. The maximum absolute atomic E-state index is 12.0. The van der Waals surface area contributed by atoms with Crippen molar-refractivity contribution in [1.29, 1.82) is 0 Å². The molecule has 0 N–H and O–H groups in total. The zero-order valence-electron chi connectivity index (χ0n) is 11.3. The second kappa shape index (κ2) is 5.70. The van der Waals surface area contributed by atoms with Gasteiger partial charge in [-0.1, -0.05) is 66.2 Å². The van der Waals surface area contributed by atoms with Gasteiger partial charge >= 0.3 is 0 Å². The predicted octanol–water partition coefficient (Wildman–Crippen LogP) is 4.21. The molecule has 0 bridgehead atoms. The fraction of sp³-hybridized carbons (Fsp3) is 0.105. The van der Waals surface area contributed by atoms with Gasteiger partial charge in [0.15, 0.2) is 5.78 Å². The van der Waals surface area contributed by atoms with E-state index in [1.165, 1.54) is 11.1 Å². The van der Waals surface area contributed by atoms with Crippen LogP contribution in [0.2, 0.25) is 0 Å².